The summed E-state index contributed by atoms with van der Waals surface area (Å²) in [6.45, 7) is 1.79. The number of H-pyrrole nitrogens is 1. The minimum Gasteiger partial charge on any atom is -0.365 e. The van der Waals surface area contributed by atoms with Crippen molar-refractivity contribution in [3.8, 4) is 0 Å². The van der Waals surface area contributed by atoms with Crippen LogP contribution < -0.4 is 5.73 Å². The second-order valence-electron chi connectivity index (χ2n) is 2.60. The Hall–Kier alpha value is -1.78. The number of amides is 1. The van der Waals surface area contributed by atoms with Crippen LogP contribution in [0.2, 0.25) is 0 Å². The van der Waals surface area contributed by atoms with Gasteiger partial charge in [0.05, 0.1) is 0 Å². The minimum absolute atomic E-state index is 0.454. The second kappa shape index (κ2) is 2.10. The average molecular weight is 164 g/mol. The van der Waals surface area contributed by atoms with Crippen LogP contribution in [0.15, 0.2) is 12.4 Å². The highest BCUT2D eigenvalue weighted by atomic mass is 16.1. The molecule has 0 fully saturated rings. The summed E-state index contributed by atoms with van der Waals surface area (Å²) in [7, 11) is 0. The van der Waals surface area contributed by atoms with Crippen molar-refractivity contribution in [1.82, 2.24) is 14.6 Å². The topological polar surface area (TPSA) is 76.2 Å². The summed E-state index contributed by atoms with van der Waals surface area (Å²) in [5, 5.41) is 2.94. The lowest BCUT2D eigenvalue weighted by atomic mass is 10.2. The highest BCUT2D eigenvalue weighted by molar-refractivity contribution is 5.99. The number of hydrogen-bond acceptors (Lipinski definition) is 2. The maximum atomic E-state index is 10.9. The normalized spacial score (nSPS) is 10.8. The van der Waals surface area contributed by atoms with E-state index in [1.54, 1.807) is 23.8 Å². The van der Waals surface area contributed by atoms with E-state index in [0.29, 0.717) is 11.2 Å². The summed E-state index contributed by atoms with van der Waals surface area (Å²) in [5.41, 5.74) is 6.96. The molecule has 2 heterocycles. The van der Waals surface area contributed by atoms with E-state index >= 15 is 0 Å². The summed E-state index contributed by atoms with van der Waals surface area (Å²) < 4.78 is 1.66. The molecule has 0 atom stereocenters. The molecule has 0 aliphatic heterocycles. The van der Waals surface area contributed by atoms with Gasteiger partial charge >= 0.3 is 0 Å². The minimum atomic E-state index is -0.454. The van der Waals surface area contributed by atoms with Crippen molar-refractivity contribution >= 4 is 11.6 Å². The third-order valence-electron chi connectivity index (χ3n) is 1.77. The van der Waals surface area contributed by atoms with Crippen LogP contribution in [0.1, 0.15) is 16.1 Å². The predicted molar refractivity (Wildman–Crippen MR) is 42.8 cm³/mol. The first-order chi connectivity index (χ1) is 5.70. The van der Waals surface area contributed by atoms with Crippen molar-refractivity contribution in [3.05, 3.63) is 23.7 Å². The third-order valence-corrected chi connectivity index (χ3v) is 1.77. The monoisotopic (exact) mass is 164 g/mol. The summed E-state index contributed by atoms with van der Waals surface area (Å²) in [4.78, 5) is 14.9. The van der Waals surface area contributed by atoms with E-state index in [1.807, 2.05) is 0 Å². The van der Waals surface area contributed by atoms with Crippen LogP contribution in [0.3, 0.4) is 0 Å². The first-order valence-electron chi connectivity index (χ1n) is 3.51. The van der Waals surface area contributed by atoms with Gasteiger partial charge in [-0.3, -0.25) is 9.89 Å². The van der Waals surface area contributed by atoms with Crippen LogP contribution >= 0.6 is 0 Å². The molecule has 2 aromatic rings. The molecule has 0 radical (unpaired) electrons. The molecule has 0 bridgehead atoms. The molecule has 0 aliphatic rings. The van der Waals surface area contributed by atoms with Crippen LogP contribution in [-0.2, 0) is 0 Å². The average Bonchev–Trinajstić information content (AvgIpc) is 2.44. The number of rotatable bonds is 1. The number of carbonyl (C=O) groups is 1. The Morgan fingerprint density at radius 2 is 2.50 bits per heavy atom. The molecule has 5 heteroatoms. The van der Waals surface area contributed by atoms with Crippen molar-refractivity contribution in [2.75, 3.05) is 0 Å². The number of nitrogens with two attached hydrogens (primary N) is 1. The Kier molecular flexibility index (Phi) is 1.21. The molecule has 5 nitrogen and oxygen atoms in total. The van der Waals surface area contributed by atoms with Gasteiger partial charge in [-0.15, -0.1) is 0 Å². The number of aromatic nitrogens is 3. The lowest BCUT2D eigenvalue weighted by Gasteiger charge is -1.88. The summed E-state index contributed by atoms with van der Waals surface area (Å²) >= 11 is 0. The highest BCUT2D eigenvalue weighted by Gasteiger charge is 2.13. The molecule has 2 rings (SSSR count). The molecule has 1 amide bonds. The Morgan fingerprint density at radius 1 is 1.75 bits per heavy atom. The number of carbonyl (C=O) groups excluding carboxylic acids is 1. The molecular formula is C7H8N4O. The number of hydrogen-bond donors (Lipinski definition) is 2. The predicted octanol–water partition coefficient (Wildman–Crippen LogP) is 0.0697. The standard InChI is InChI=1S/C7H8N4O/c1-4-5(6(8)12)7-9-2-3-11(7)10-4/h2-3,10H,1H3,(H2,8,12). The van der Waals surface area contributed by atoms with Crippen LogP contribution in [-0.4, -0.2) is 20.5 Å². The number of nitrogens with one attached hydrogen (secondary N) is 1. The molecule has 3 N–H and O–H groups in total. The van der Waals surface area contributed by atoms with Gasteiger partial charge < -0.3 is 5.73 Å². The Balaban J connectivity index is 2.84. The van der Waals surface area contributed by atoms with Gasteiger partial charge in [-0.25, -0.2) is 9.50 Å². The van der Waals surface area contributed by atoms with E-state index in [9.17, 15) is 4.79 Å². The van der Waals surface area contributed by atoms with Crippen molar-refractivity contribution in [1.29, 1.82) is 0 Å². The molecule has 0 aromatic carbocycles. The fourth-order valence-electron chi connectivity index (χ4n) is 1.28. The number of primary amides is 1. The maximum absolute atomic E-state index is 10.9. The van der Waals surface area contributed by atoms with Gasteiger partial charge in [-0.05, 0) is 6.92 Å². The Morgan fingerprint density at radius 3 is 3.17 bits per heavy atom. The van der Waals surface area contributed by atoms with Crippen LogP contribution in [0.5, 0.6) is 0 Å². The SMILES string of the molecule is Cc1[nH]n2ccnc2c1C(N)=O. The van der Waals surface area contributed by atoms with Gasteiger partial charge in [-0.1, -0.05) is 0 Å². The molecule has 0 unspecified atom stereocenters. The maximum Gasteiger partial charge on any atom is 0.254 e. The zero-order valence-corrected chi connectivity index (χ0v) is 6.53. The summed E-state index contributed by atoms with van der Waals surface area (Å²) in [6, 6.07) is 0. The molecule has 2 aromatic heterocycles. The molecule has 0 aliphatic carbocycles. The smallest absolute Gasteiger partial charge is 0.254 e. The zero-order chi connectivity index (χ0) is 8.72. The first-order valence-corrected chi connectivity index (χ1v) is 3.51. The van der Waals surface area contributed by atoms with Crippen LogP contribution in [0, 0.1) is 6.92 Å². The molecule has 62 valence electrons. The number of imidazole rings is 1. The summed E-state index contributed by atoms with van der Waals surface area (Å²) in [6.07, 6.45) is 3.34. The number of fused-ring (bicyclic) bond motifs is 1. The van der Waals surface area contributed by atoms with E-state index in [2.05, 4.69) is 10.1 Å². The number of nitrogens with zero attached hydrogens (tertiary/aromatic N) is 2. The summed E-state index contributed by atoms with van der Waals surface area (Å²) in [5.74, 6) is -0.454. The first kappa shape index (κ1) is 6.90. The quantitative estimate of drug-likeness (QED) is 0.625. The van der Waals surface area contributed by atoms with Gasteiger partial charge in [-0.2, -0.15) is 0 Å². The van der Waals surface area contributed by atoms with Gasteiger partial charge in [0.2, 0.25) is 0 Å². The van der Waals surface area contributed by atoms with Crippen molar-refractivity contribution in [2.24, 2.45) is 5.73 Å². The van der Waals surface area contributed by atoms with Crippen LogP contribution in [0.25, 0.3) is 5.65 Å². The van der Waals surface area contributed by atoms with Crippen molar-refractivity contribution in [2.45, 2.75) is 6.92 Å². The number of aryl methyl sites for hydroxylation is 1. The molecule has 0 saturated carbocycles. The fraction of sp³-hybridized carbons (Fsp3) is 0.143. The van der Waals surface area contributed by atoms with E-state index in [1.165, 1.54) is 0 Å². The lowest BCUT2D eigenvalue weighted by molar-refractivity contribution is 0.100. The number of aromatic amines is 1. The van der Waals surface area contributed by atoms with Gasteiger partial charge in [0.25, 0.3) is 5.91 Å². The van der Waals surface area contributed by atoms with E-state index in [4.69, 9.17) is 5.73 Å². The fourth-order valence-corrected chi connectivity index (χ4v) is 1.28. The van der Waals surface area contributed by atoms with Crippen LogP contribution in [0.4, 0.5) is 0 Å². The van der Waals surface area contributed by atoms with E-state index in [-0.39, 0.29) is 0 Å². The lowest BCUT2D eigenvalue weighted by Crippen LogP contribution is -2.11. The van der Waals surface area contributed by atoms with Gasteiger partial charge in [0.15, 0.2) is 5.65 Å². The van der Waals surface area contributed by atoms with Crippen molar-refractivity contribution < 1.29 is 4.79 Å². The zero-order valence-electron chi connectivity index (χ0n) is 6.53. The Labute approximate surface area is 68.2 Å². The third kappa shape index (κ3) is 0.730. The van der Waals surface area contributed by atoms with Crippen molar-refractivity contribution in [3.63, 3.8) is 0 Å². The van der Waals surface area contributed by atoms with Gasteiger partial charge in [0.1, 0.15) is 5.56 Å². The van der Waals surface area contributed by atoms with Gasteiger partial charge in [0, 0.05) is 18.1 Å². The highest BCUT2D eigenvalue weighted by Crippen LogP contribution is 2.11. The van der Waals surface area contributed by atoms with E-state index < -0.39 is 5.91 Å². The largest absolute Gasteiger partial charge is 0.365 e. The second-order valence-corrected chi connectivity index (χ2v) is 2.60. The molecule has 0 saturated heterocycles. The Bertz CT molecular complexity index is 439. The molecular weight excluding hydrogens is 156 g/mol. The molecule has 0 spiro atoms. The van der Waals surface area contributed by atoms with E-state index in [0.717, 1.165) is 5.69 Å². The molecule has 12 heavy (non-hydrogen) atoms.